The molecule has 44 heavy (non-hydrogen) atoms. The molecule has 3 fully saturated rings. The van der Waals surface area contributed by atoms with Crippen LogP contribution in [0.5, 0.6) is 17.2 Å². The zero-order valence-electron chi connectivity index (χ0n) is 24.2. The smallest absolute Gasteiger partial charge is 0.490 e. The van der Waals surface area contributed by atoms with Crippen LogP contribution in [0.4, 0.5) is 13.2 Å². The number of carbonyl (C=O) groups is 4. The van der Waals surface area contributed by atoms with Crippen molar-refractivity contribution in [2.45, 2.75) is 43.9 Å². The van der Waals surface area contributed by atoms with Gasteiger partial charge in [-0.1, -0.05) is 18.2 Å². The Hall–Kier alpha value is -4.33. The monoisotopic (exact) mass is 620 g/mol. The molecular formula is C30H31F3N2O9. The van der Waals surface area contributed by atoms with Crippen molar-refractivity contribution < 1.29 is 56.4 Å². The number of alkyl halides is 3. The molecule has 0 aromatic heterocycles. The maximum absolute atomic E-state index is 13.6. The number of piperidine rings is 1. The van der Waals surface area contributed by atoms with Crippen LogP contribution in [0.1, 0.15) is 37.8 Å². The van der Waals surface area contributed by atoms with Crippen molar-refractivity contribution in [1.29, 1.82) is 0 Å². The van der Waals surface area contributed by atoms with Gasteiger partial charge in [0, 0.05) is 18.2 Å². The van der Waals surface area contributed by atoms with Crippen molar-refractivity contribution in [1.82, 2.24) is 9.80 Å². The number of aliphatic carboxylic acids is 1. The molecule has 0 radical (unpaired) electrons. The SMILES string of the molecule is CCN1C(=O)C2C(c3ccc(-c4ccc5c(c4)OCO5)c(OC)c3)N3CCCC[C@@]3(C(=O)OC)C2C1=O.O=C(O)C(F)(F)F. The van der Waals surface area contributed by atoms with Crippen LogP contribution in [0.25, 0.3) is 11.1 Å². The molecule has 2 aromatic carbocycles. The molecule has 11 nitrogen and oxygen atoms in total. The number of halogens is 3. The van der Waals surface area contributed by atoms with Crippen molar-refractivity contribution in [2.24, 2.45) is 11.8 Å². The average Bonchev–Trinajstić information content (AvgIpc) is 3.67. The zero-order valence-corrected chi connectivity index (χ0v) is 24.2. The lowest BCUT2D eigenvalue weighted by Gasteiger charge is -2.44. The summed E-state index contributed by atoms with van der Waals surface area (Å²) < 4.78 is 53.8. The largest absolute Gasteiger partial charge is 0.496 e. The Bertz CT molecular complexity index is 1500. The predicted octanol–water partition coefficient (Wildman–Crippen LogP) is 3.80. The van der Waals surface area contributed by atoms with Crippen molar-refractivity contribution in [3.8, 4) is 28.4 Å². The number of hydrogen-bond acceptors (Lipinski definition) is 9. The highest BCUT2D eigenvalue weighted by Gasteiger charge is 2.72. The van der Waals surface area contributed by atoms with Gasteiger partial charge in [0.15, 0.2) is 11.5 Å². The molecule has 4 atom stereocenters. The topological polar surface area (TPSA) is 132 Å². The van der Waals surface area contributed by atoms with Crippen LogP contribution in [0.2, 0.25) is 0 Å². The van der Waals surface area contributed by atoms with Gasteiger partial charge in [0.25, 0.3) is 0 Å². The summed E-state index contributed by atoms with van der Waals surface area (Å²) in [6.07, 6.45) is -2.93. The number of methoxy groups -OCH3 is 2. The Morgan fingerprint density at radius 3 is 2.39 bits per heavy atom. The van der Waals surface area contributed by atoms with Crippen LogP contribution in [0, 0.1) is 11.8 Å². The maximum Gasteiger partial charge on any atom is 0.490 e. The lowest BCUT2D eigenvalue weighted by molar-refractivity contribution is -0.192. The highest BCUT2D eigenvalue weighted by atomic mass is 19.4. The molecule has 14 heteroatoms. The van der Waals surface area contributed by atoms with Gasteiger partial charge < -0.3 is 24.1 Å². The van der Waals surface area contributed by atoms with Crippen LogP contribution in [-0.4, -0.2) is 84.5 Å². The molecule has 4 aliphatic rings. The summed E-state index contributed by atoms with van der Waals surface area (Å²) in [4.78, 5) is 52.9. The molecule has 0 saturated carbocycles. The number of likely N-dealkylation sites (tertiary alicyclic amines) is 1. The van der Waals surface area contributed by atoms with Gasteiger partial charge in [0.05, 0.1) is 26.1 Å². The number of esters is 1. The summed E-state index contributed by atoms with van der Waals surface area (Å²) in [6.45, 7) is 2.86. The fourth-order valence-electron chi connectivity index (χ4n) is 6.92. The molecule has 0 bridgehead atoms. The van der Waals surface area contributed by atoms with E-state index in [0.29, 0.717) is 30.2 Å². The second-order valence-corrected chi connectivity index (χ2v) is 10.8. The molecule has 0 spiro atoms. The van der Waals surface area contributed by atoms with Crippen LogP contribution in [0.3, 0.4) is 0 Å². The standard InChI is InChI=1S/C28H30N2O7.C2HF3O2/c1-4-29-25(31)22-23(26(29)32)28(27(33)35-3)11-5-6-12-30(28)24(22)17-7-9-18(20(14-17)34-2)16-8-10-19-21(13-16)37-15-36-19;3-2(4,5)1(6)7/h7-10,13-14,22-24H,4-6,11-12,15H2,1-3H3;(H,6,7)/t22?,23?,24?,28-;/m0./s1. The first-order chi connectivity index (χ1) is 20.9. The zero-order chi connectivity index (χ0) is 32.0. The van der Waals surface area contributed by atoms with E-state index in [2.05, 4.69) is 4.90 Å². The lowest BCUT2D eigenvalue weighted by atomic mass is 9.75. The average molecular weight is 621 g/mol. The summed E-state index contributed by atoms with van der Waals surface area (Å²) in [5.41, 5.74) is 1.45. The van der Waals surface area contributed by atoms with Gasteiger partial charge in [-0.2, -0.15) is 13.2 Å². The Morgan fingerprint density at radius 2 is 1.75 bits per heavy atom. The number of hydrogen-bond donors (Lipinski definition) is 1. The van der Waals surface area contributed by atoms with E-state index in [-0.39, 0.29) is 25.2 Å². The minimum atomic E-state index is -5.08. The first kappa shape index (κ1) is 31.1. The van der Waals surface area contributed by atoms with Crippen molar-refractivity contribution in [3.63, 3.8) is 0 Å². The van der Waals surface area contributed by atoms with Gasteiger partial charge in [-0.05, 0) is 62.1 Å². The number of carboxylic acid groups (broad SMARTS) is 1. The van der Waals surface area contributed by atoms with Crippen LogP contribution < -0.4 is 14.2 Å². The van der Waals surface area contributed by atoms with E-state index in [1.807, 2.05) is 36.4 Å². The van der Waals surface area contributed by atoms with Gasteiger partial charge in [0.1, 0.15) is 11.3 Å². The molecule has 1 N–H and O–H groups in total. The van der Waals surface area contributed by atoms with E-state index in [1.54, 1.807) is 14.0 Å². The van der Waals surface area contributed by atoms with Gasteiger partial charge in [-0.3, -0.25) is 24.2 Å². The highest BCUT2D eigenvalue weighted by molar-refractivity contribution is 6.09. The molecule has 0 aliphatic carbocycles. The number of ether oxygens (including phenoxy) is 4. The molecule has 3 unspecified atom stereocenters. The Kier molecular flexibility index (Phi) is 8.23. The Labute approximate surface area is 250 Å². The molecule has 4 aliphatic heterocycles. The van der Waals surface area contributed by atoms with Gasteiger partial charge in [-0.15, -0.1) is 0 Å². The quantitative estimate of drug-likeness (QED) is 0.389. The lowest BCUT2D eigenvalue weighted by Crippen LogP contribution is -2.59. The first-order valence-electron chi connectivity index (χ1n) is 14.0. The minimum Gasteiger partial charge on any atom is -0.496 e. The second-order valence-electron chi connectivity index (χ2n) is 10.8. The summed E-state index contributed by atoms with van der Waals surface area (Å²) in [5, 5.41) is 7.12. The molecule has 2 aromatic rings. The Morgan fingerprint density at radius 1 is 1.05 bits per heavy atom. The summed E-state index contributed by atoms with van der Waals surface area (Å²) in [6, 6.07) is 11.1. The normalized spacial score (nSPS) is 25.6. The molecule has 236 valence electrons. The number of imide groups is 1. The second kappa shape index (κ2) is 11.6. The van der Waals surface area contributed by atoms with Gasteiger partial charge in [0.2, 0.25) is 18.6 Å². The number of carboxylic acids is 1. The van der Waals surface area contributed by atoms with Gasteiger partial charge in [-0.25, -0.2) is 4.79 Å². The maximum atomic E-state index is 13.6. The molecule has 2 amide bonds. The minimum absolute atomic E-state index is 0.193. The molecule has 4 heterocycles. The van der Waals surface area contributed by atoms with E-state index in [4.69, 9.17) is 28.8 Å². The Balaban J connectivity index is 0.000000493. The summed E-state index contributed by atoms with van der Waals surface area (Å²) in [7, 11) is 2.96. The highest BCUT2D eigenvalue weighted by Crippen LogP contribution is 2.59. The first-order valence-corrected chi connectivity index (χ1v) is 14.0. The van der Waals surface area contributed by atoms with Crippen molar-refractivity contribution >= 4 is 23.8 Å². The number of fused-ring (bicyclic) bond motifs is 4. The fourth-order valence-corrected chi connectivity index (χ4v) is 6.92. The van der Waals surface area contributed by atoms with E-state index in [9.17, 15) is 27.6 Å². The number of benzene rings is 2. The predicted molar refractivity (Wildman–Crippen MR) is 146 cm³/mol. The summed E-state index contributed by atoms with van der Waals surface area (Å²) >= 11 is 0. The number of amides is 2. The van der Waals surface area contributed by atoms with Crippen LogP contribution in [0.15, 0.2) is 36.4 Å². The number of carbonyl (C=O) groups excluding carboxylic acids is 3. The third-order valence-corrected chi connectivity index (χ3v) is 8.70. The molecular weight excluding hydrogens is 589 g/mol. The van der Waals surface area contributed by atoms with Crippen LogP contribution >= 0.6 is 0 Å². The van der Waals surface area contributed by atoms with Gasteiger partial charge >= 0.3 is 18.1 Å². The third-order valence-electron chi connectivity index (χ3n) is 8.70. The van der Waals surface area contributed by atoms with E-state index in [1.165, 1.54) is 12.0 Å². The third kappa shape index (κ3) is 4.90. The van der Waals surface area contributed by atoms with E-state index < -0.39 is 41.5 Å². The van der Waals surface area contributed by atoms with E-state index >= 15 is 0 Å². The fraction of sp³-hybridized carbons (Fsp3) is 0.467. The molecule has 6 rings (SSSR count). The summed E-state index contributed by atoms with van der Waals surface area (Å²) in [5.74, 6) is -3.12. The number of rotatable bonds is 5. The number of nitrogens with zero attached hydrogens (tertiary/aromatic N) is 2. The van der Waals surface area contributed by atoms with Crippen molar-refractivity contribution in [2.75, 3.05) is 34.1 Å². The van der Waals surface area contributed by atoms with E-state index in [0.717, 1.165) is 29.5 Å². The van der Waals surface area contributed by atoms with Crippen LogP contribution in [-0.2, 0) is 23.9 Å². The van der Waals surface area contributed by atoms with Crippen molar-refractivity contribution in [3.05, 3.63) is 42.0 Å². The molecule has 3 saturated heterocycles.